The maximum absolute atomic E-state index is 6.02. The zero-order valence-corrected chi connectivity index (χ0v) is 12.2. The summed E-state index contributed by atoms with van der Waals surface area (Å²) in [5.41, 5.74) is 2.50. The third-order valence-corrected chi connectivity index (χ3v) is 4.51. The summed E-state index contributed by atoms with van der Waals surface area (Å²) >= 11 is 0. The van der Waals surface area contributed by atoms with E-state index in [2.05, 4.69) is 41.7 Å². The summed E-state index contributed by atoms with van der Waals surface area (Å²) in [5.74, 6) is 2.98. The van der Waals surface area contributed by atoms with Gasteiger partial charge in [0.1, 0.15) is 11.5 Å². The van der Waals surface area contributed by atoms with Crippen molar-refractivity contribution in [2.75, 3.05) is 6.54 Å². The second-order valence-corrected chi connectivity index (χ2v) is 6.15. The van der Waals surface area contributed by atoms with Crippen molar-refractivity contribution in [2.45, 2.75) is 31.7 Å². The molecule has 0 saturated heterocycles. The second kappa shape index (κ2) is 5.53. The first-order chi connectivity index (χ1) is 10.4. The van der Waals surface area contributed by atoms with Crippen LogP contribution in [0.15, 0.2) is 48.5 Å². The molecule has 0 amide bonds. The molecular weight excluding hydrogens is 258 g/mol. The zero-order valence-electron chi connectivity index (χ0n) is 12.2. The van der Waals surface area contributed by atoms with Crippen molar-refractivity contribution in [3.8, 4) is 11.5 Å². The van der Waals surface area contributed by atoms with Gasteiger partial charge in [-0.15, -0.1) is 0 Å². The zero-order chi connectivity index (χ0) is 14.1. The predicted octanol–water partition coefficient (Wildman–Crippen LogP) is 4.66. The quantitative estimate of drug-likeness (QED) is 0.804. The van der Waals surface area contributed by atoms with Gasteiger partial charge in [0, 0.05) is 11.1 Å². The molecule has 4 rings (SSSR count). The fraction of sp³-hybridized carbons (Fsp3) is 0.368. The predicted molar refractivity (Wildman–Crippen MR) is 84.8 cm³/mol. The Labute approximate surface area is 126 Å². The van der Waals surface area contributed by atoms with Crippen molar-refractivity contribution in [1.82, 2.24) is 5.32 Å². The van der Waals surface area contributed by atoms with E-state index >= 15 is 0 Å². The molecule has 1 aliphatic heterocycles. The van der Waals surface area contributed by atoms with Crippen molar-refractivity contribution in [3.63, 3.8) is 0 Å². The van der Waals surface area contributed by atoms with E-state index < -0.39 is 0 Å². The van der Waals surface area contributed by atoms with Gasteiger partial charge in [-0.1, -0.05) is 49.2 Å². The van der Waals surface area contributed by atoms with Gasteiger partial charge in [-0.3, -0.25) is 0 Å². The third-order valence-electron chi connectivity index (χ3n) is 4.51. The molecule has 0 radical (unpaired) electrons. The Morgan fingerprint density at radius 1 is 0.905 bits per heavy atom. The number of ether oxygens (including phenoxy) is 1. The van der Waals surface area contributed by atoms with E-state index in [9.17, 15) is 0 Å². The van der Waals surface area contributed by atoms with Crippen LogP contribution in [0.5, 0.6) is 11.5 Å². The molecule has 1 aliphatic carbocycles. The molecule has 1 N–H and O–H groups in total. The molecule has 2 aliphatic rings. The summed E-state index contributed by atoms with van der Waals surface area (Å²) < 4.78 is 6.02. The van der Waals surface area contributed by atoms with Crippen LogP contribution in [-0.4, -0.2) is 6.54 Å². The average Bonchev–Trinajstić information content (AvgIpc) is 3.34. The molecule has 2 nitrogen and oxygen atoms in total. The average molecular weight is 279 g/mol. The summed E-state index contributed by atoms with van der Waals surface area (Å²) in [6.45, 7) is 1.07. The summed E-state index contributed by atoms with van der Waals surface area (Å²) in [4.78, 5) is 0. The van der Waals surface area contributed by atoms with Gasteiger partial charge in [0.25, 0.3) is 0 Å². The Morgan fingerprint density at radius 2 is 1.52 bits per heavy atom. The van der Waals surface area contributed by atoms with E-state index in [-0.39, 0.29) is 6.04 Å². The number of rotatable bonds is 5. The van der Waals surface area contributed by atoms with Crippen LogP contribution in [0, 0.1) is 5.92 Å². The van der Waals surface area contributed by atoms with Gasteiger partial charge in [-0.25, -0.2) is 0 Å². The van der Waals surface area contributed by atoms with Crippen LogP contribution in [0.2, 0.25) is 0 Å². The lowest BCUT2D eigenvalue weighted by Crippen LogP contribution is -2.26. The smallest absolute Gasteiger partial charge is 0.132 e. The summed E-state index contributed by atoms with van der Waals surface area (Å²) in [6, 6.07) is 17.0. The van der Waals surface area contributed by atoms with Crippen LogP contribution in [-0.2, 0) is 0 Å². The van der Waals surface area contributed by atoms with E-state index in [0.717, 1.165) is 24.0 Å². The molecule has 0 atom stereocenters. The molecule has 0 bridgehead atoms. The lowest BCUT2D eigenvalue weighted by atomic mass is 9.94. The fourth-order valence-electron chi connectivity index (χ4n) is 3.17. The van der Waals surface area contributed by atoms with Crippen LogP contribution in [0.4, 0.5) is 0 Å². The van der Waals surface area contributed by atoms with E-state index in [1.807, 2.05) is 12.1 Å². The van der Waals surface area contributed by atoms with Crippen LogP contribution < -0.4 is 10.1 Å². The van der Waals surface area contributed by atoms with E-state index in [4.69, 9.17) is 4.74 Å². The summed E-state index contributed by atoms with van der Waals surface area (Å²) in [6.07, 6.45) is 5.54. The van der Waals surface area contributed by atoms with Crippen molar-refractivity contribution < 1.29 is 4.74 Å². The second-order valence-electron chi connectivity index (χ2n) is 6.15. The molecule has 1 fully saturated rings. The minimum absolute atomic E-state index is 0.255. The van der Waals surface area contributed by atoms with Crippen LogP contribution in [0.3, 0.4) is 0 Å². The maximum Gasteiger partial charge on any atom is 0.132 e. The van der Waals surface area contributed by atoms with Crippen LogP contribution >= 0.6 is 0 Å². The van der Waals surface area contributed by atoms with Crippen molar-refractivity contribution >= 4 is 0 Å². The highest BCUT2D eigenvalue weighted by Crippen LogP contribution is 2.42. The van der Waals surface area contributed by atoms with Crippen molar-refractivity contribution in [1.29, 1.82) is 0 Å². The monoisotopic (exact) mass is 279 g/mol. The number of benzene rings is 2. The van der Waals surface area contributed by atoms with E-state index in [0.29, 0.717) is 0 Å². The highest BCUT2D eigenvalue weighted by Gasteiger charge is 2.26. The Bertz CT molecular complexity index is 587. The molecule has 0 aromatic heterocycles. The third kappa shape index (κ3) is 2.68. The highest BCUT2D eigenvalue weighted by molar-refractivity contribution is 5.52. The van der Waals surface area contributed by atoms with Crippen molar-refractivity contribution in [3.05, 3.63) is 59.7 Å². The molecule has 2 aromatic carbocycles. The summed E-state index contributed by atoms with van der Waals surface area (Å²) in [7, 11) is 0. The first-order valence-electron chi connectivity index (χ1n) is 8.01. The Kier molecular flexibility index (Phi) is 3.40. The van der Waals surface area contributed by atoms with Gasteiger partial charge >= 0.3 is 0 Å². The fourth-order valence-corrected chi connectivity index (χ4v) is 3.17. The van der Waals surface area contributed by atoms with Gasteiger partial charge in [0.15, 0.2) is 0 Å². The standard InChI is InChI=1S/C19H21NO/c1-3-9-17-15(7-1)19(20-13-5-6-14-11-12-14)16-8-2-4-10-18(16)21-17/h1-4,7-10,14,19-20H,5-6,11-13H2. The first-order valence-corrected chi connectivity index (χ1v) is 8.01. The van der Waals surface area contributed by atoms with Gasteiger partial charge < -0.3 is 10.1 Å². The van der Waals surface area contributed by atoms with Crippen LogP contribution in [0.25, 0.3) is 0 Å². The Morgan fingerprint density at radius 3 is 2.14 bits per heavy atom. The van der Waals surface area contributed by atoms with E-state index in [1.165, 1.54) is 36.8 Å². The molecular formula is C19H21NO. The molecule has 21 heavy (non-hydrogen) atoms. The number of hydrogen-bond donors (Lipinski definition) is 1. The topological polar surface area (TPSA) is 21.3 Å². The molecule has 1 heterocycles. The molecule has 0 unspecified atom stereocenters. The first kappa shape index (κ1) is 12.9. The molecule has 1 saturated carbocycles. The van der Waals surface area contributed by atoms with Crippen molar-refractivity contribution in [2.24, 2.45) is 5.92 Å². The minimum atomic E-state index is 0.255. The number of fused-ring (bicyclic) bond motifs is 2. The van der Waals surface area contributed by atoms with E-state index in [1.54, 1.807) is 0 Å². The Balaban J connectivity index is 1.55. The molecule has 0 spiro atoms. The minimum Gasteiger partial charge on any atom is -0.457 e. The van der Waals surface area contributed by atoms with Gasteiger partial charge in [-0.05, 0) is 37.4 Å². The maximum atomic E-state index is 6.02. The van der Waals surface area contributed by atoms with Gasteiger partial charge in [0.2, 0.25) is 0 Å². The molecule has 2 aromatic rings. The normalized spacial score (nSPS) is 17.0. The van der Waals surface area contributed by atoms with Crippen LogP contribution in [0.1, 0.15) is 42.9 Å². The highest BCUT2D eigenvalue weighted by atomic mass is 16.5. The number of nitrogens with one attached hydrogen (secondary N) is 1. The Hall–Kier alpha value is -1.80. The molecule has 108 valence electrons. The lowest BCUT2D eigenvalue weighted by molar-refractivity contribution is 0.425. The largest absolute Gasteiger partial charge is 0.457 e. The lowest BCUT2D eigenvalue weighted by Gasteiger charge is -2.29. The SMILES string of the molecule is c1ccc2c(c1)Oc1ccccc1C2NCCCC1CC1. The number of para-hydroxylation sites is 2. The number of hydrogen-bond acceptors (Lipinski definition) is 2. The van der Waals surface area contributed by atoms with Gasteiger partial charge in [0.05, 0.1) is 6.04 Å². The molecule has 2 heteroatoms. The summed E-state index contributed by atoms with van der Waals surface area (Å²) in [5, 5.41) is 3.74. The van der Waals surface area contributed by atoms with Gasteiger partial charge in [-0.2, -0.15) is 0 Å².